The van der Waals surface area contributed by atoms with Crippen LogP contribution in [0.4, 0.5) is 16.2 Å². The van der Waals surface area contributed by atoms with Crippen molar-refractivity contribution in [2.45, 2.75) is 26.4 Å². The van der Waals surface area contributed by atoms with Crippen molar-refractivity contribution >= 4 is 34.5 Å². The fourth-order valence-corrected chi connectivity index (χ4v) is 3.42. The molecule has 2 aromatic heterocycles. The number of carboxylic acid groups (broad SMARTS) is 1. The molecule has 2 heterocycles. The number of hydrogen-bond acceptors (Lipinski definition) is 8. The molecule has 36 heavy (non-hydrogen) atoms. The number of nitro benzene ring substituents is 1. The molecule has 0 unspecified atom stereocenters. The lowest BCUT2D eigenvalue weighted by Gasteiger charge is -2.08. The molecule has 184 valence electrons. The standard InChI is InChI=1S/C23H20N6O7/c1-11(2)12-3-5-13(6-4-12)26-23(33)36-10-14-9-24-20(25-14)15-7-16-17(8-18(15)29(34)35)28-21(30)19(27-16)22(31)32/h3-9,11H,10H2,1-2H3,(H,24,25)(H,26,33)(H,28,30)(H,31,32). The summed E-state index contributed by atoms with van der Waals surface area (Å²) in [6.07, 6.45) is 0.708. The van der Waals surface area contributed by atoms with Gasteiger partial charge in [0, 0.05) is 18.0 Å². The molecule has 13 nitrogen and oxygen atoms in total. The highest BCUT2D eigenvalue weighted by Crippen LogP contribution is 2.31. The number of fused-ring (bicyclic) bond motifs is 1. The average molecular weight is 492 g/mol. The molecule has 0 fully saturated rings. The SMILES string of the molecule is CC(C)c1ccc(NC(=O)OCc2c[nH]c(-c3cc4nc(C(=O)O)c(=O)[nH]c4cc3[N+](=O)[O-])n2)cc1. The smallest absolute Gasteiger partial charge is 0.412 e. The number of carboxylic acids is 1. The third-order valence-electron chi connectivity index (χ3n) is 5.27. The number of aromatic amines is 2. The van der Waals surface area contributed by atoms with E-state index in [4.69, 9.17) is 9.84 Å². The molecule has 4 rings (SSSR count). The van der Waals surface area contributed by atoms with E-state index in [2.05, 4.69) is 39.1 Å². The molecule has 0 radical (unpaired) electrons. The minimum absolute atomic E-state index is 0.00401. The third kappa shape index (κ3) is 5.04. The number of nitrogens with one attached hydrogen (secondary N) is 3. The van der Waals surface area contributed by atoms with Gasteiger partial charge in [-0.1, -0.05) is 26.0 Å². The zero-order valence-electron chi connectivity index (χ0n) is 19.1. The fourth-order valence-electron chi connectivity index (χ4n) is 3.42. The van der Waals surface area contributed by atoms with Crippen molar-refractivity contribution in [3.63, 3.8) is 0 Å². The predicted molar refractivity (Wildman–Crippen MR) is 128 cm³/mol. The third-order valence-corrected chi connectivity index (χ3v) is 5.27. The Morgan fingerprint density at radius 1 is 1.19 bits per heavy atom. The van der Waals surface area contributed by atoms with E-state index in [1.807, 2.05) is 12.1 Å². The molecule has 0 bridgehead atoms. The highest BCUT2D eigenvalue weighted by Gasteiger charge is 2.22. The number of anilines is 1. The van der Waals surface area contributed by atoms with Crippen molar-refractivity contribution < 1.29 is 24.4 Å². The summed E-state index contributed by atoms with van der Waals surface area (Å²) in [6.45, 7) is 3.90. The Kier molecular flexibility index (Phi) is 6.46. The Bertz CT molecular complexity index is 1540. The van der Waals surface area contributed by atoms with Gasteiger partial charge in [-0.15, -0.1) is 0 Å². The van der Waals surface area contributed by atoms with Gasteiger partial charge in [0.15, 0.2) is 0 Å². The lowest BCUT2D eigenvalue weighted by atomic mass is 10.0. The van der Waals surface area contributed by atoms with Crippen LogP contribution in [0.25, 0.3) is 22.4 Å². The first-order chi connectivity index (χ1) is 17.1. The molecule has 2 aromatic carbocycles. The number of aromatic carboxylic acids is 1. The van der Waals surface area contributed by atoms with E-state index >= 15 is 0 Å². The molecule has 13 heteroatoms. The molecule has 4 N–H and O–H groups in total. The minimum Gasteiger partial charge on any atom is -0.476 e. The maximum atomic E-state index is 12.1. The maximum Gasteiger partial charge on any atom is 0.412 e. The van der Waals surface area contributed by atoms with Crippen LogP contribution in [0.15, 0.2) is 47.4 Å². The van der Waals surface area contributed by atoms with Crippen LogP contribution in [0.2, 0.25) is 0 Å². The molecule has 4 aromatic rings. The molecule has 1 amide bonds. The van der Waals surface area contributed by atoms with Gasteiger partial charge in [-0.2, -0.15) is 0 Å². The summed E-state index contributed by atoms with van der Waals surface area (Å²) < 4.78 is 5.18. The van der Waals surface area contributed by atoms with Crippen LogP contribution in [0.3, 0.4) is 0 Å². The number of rotatable bonds is 7. The quantitative estimate of drug-likeness (QED) is 0.219. The second-order valence-electron chi connectivity index (χ2n) is 8.08. The number of ether oxygens (including phenoxy) is 1. The van der Waals surface area contributed by atoms with E-state index < -0.39 is 33.9 Å². The second-order valence-corrected chi connectivity index (χ2v) is 8.08. The number of aromatic nitrogens is 4. The molecule has 0 aliphatic rings. The van der Waals surface area contributed by atoms with Crippen LogP contribution in [0, 0.1) is 10.1 Å². The van der Waals surface area contributed by atoms with Gasteiger partial charge in [-0.25, -0.2) is 19.6 Å². The summed E-state index contributed by atoms with van der Waals surface area (Å²) in [4.78, 5) is 59.3. The van der Waals surface area contributed by atoms with E-state index in [-0.39, 0.29) is 34.7 Å². The molecule has 0 atom stereocenters. The topological polar surface area (TPSA) is 193 Å². The molecule has 0 saturated heterocycles. The maximum absolute atomic E-state index is 12.1. The van der Waals surface area contributed by atoms with Crippen LogP contribution < -0.4 is 10.9 Å². The zero-order valence-corrected chi connectivity index (χ0v) is 19.1. The predicted octanol–water partition coefficient (Wildman–Crippen LogP) is 3.79. The van der Waals surface area contributed by atoms with Gasteiger partial charge in [0.1, 0.15) is 12.4 Å². The number of nitro groups is 1. The first-order valence-electron chi connectivity index (χ1n) is 10.7. The van der Waals surface area contributed by atoms with Crippen LogP contribution in [-0.2, 0) is 11.3 Å². The number of carbonyl (C=O) groups excluding carboxylic acids is 1. The van der Waals surface area contributed by atoms with Crippen molar-refractivity contribution in [1.29, 1.82) is 0 Å². The molecule has 0 spiro atoms. The van der Waals surface area contributed by atoms with E-state index in [0.29, 0.717) is 11.6 Å². The Balaban J connectivity index is 1.53. The molecule has 0 aliphatic carbocycles. The number of H-pyrrole nitrogens is 2. The Labute approximate surface area is 202 Å². The summed E-state index contributed by atoms with van der Waals surface area (Å²) in [5.74, 6) is -1.11. The Morgan fingerprint density at radius 2 is 1.92 bits per heavy atom. The van der Waals surface area contributed by atoms with Crippen molar-refractivity contribution in [2.24, 2.45) is 0 Å². The number of benzene rings is 2. The molecule has 0 saturated carbocycles. The van der Waals surface area contributed by atoms with Gasteiger partial charge in [0.2, 0.25) is 5.69 Å². The molecular weight excluding hydrogens is 472 g/mol. The molecular formula is C23H20N6O7. The van der Waals surface area contributed by atoms with Crippen LogP contribution >= 0.6 is 0 Å². The van der Waals surface area contributed by atoms with Gasteiger partial charge in [0.05, 0.1) is 27.2 Å². The Hall–Kier alpha value is -5.07. The second kappa shape index (κ2) is 9.66. The van der Waals surface area contributed by atoms with Crippen LogP contribution in [0.5, 0.6) is 0 Å². The highest BCUT2D eigenvalue weighted by atomic mass is 16.6. The zero-order chi connectivity index (χ0) is 26.0. The van der Waals surface area contributed by atoms with Crippen molar-refractivity contribution in [2.75, 3.05) is 5.32 Å². The lowest BCUT2D eigenvalue weighted by molar-refractivity contribution is -0.384. The highest BCUT2D eigenvalue weighted by molar-refractivity contribution is 5.91. The summed E-state index contributed by atoms with van der Waals surface area (Å²) in [7, 11) is 0. The van der Waals surface area contributed by atoms with Crippen LogP contribution in [0.1, 0.15) is 41.5 Å². The number of hydrogen-bond donors (Lipinski definition) is 4. The summed E-state index contributed by atoms with van der Waals surface area (Å²) in [6, 6.07) is 9.65. The number of carbonyl (C=O) groups is 2. The van der Waals surface area contributed by atoms with E-state index in [1.54, 1.807) is 12.1 Å². The fraction of sp³-hybridized carbons (Fsp3) is 0.174. The van der Waals surface area contributed by atoms with E-state index in [1.165, 1.54) is 12.3 Å². The largest absolute Gasteiger partial charge is 0.476 e. The van der Waals surface area contributed by atoms with E-state index in [0.717, 1.165) is 11.6 Å². The number of nitrogens with zero attached hydrogens (tertiary/aromatic N) is 3. The number of imidazole rings is 1. The average Bonchev–Trinajstić information content (AvgIpc) is 3.30. The first-order valence-corrected chi connectivity index (χ1v) is 10.7. The van der Waals surface area contributed by atoms with Gasteiger partial charge >= 0.3 is 12.1 Å². The number of amides is 1. The van der Waals surface area contributed by atoms with Gasteiger partial charge < -0.3 is 19.8 Å². The van der Waals surface area contributed by atoms with E-state index in [9.17, 15) is 24.5 Å². The van der Waals surface area contributed by atoms with Gasteiger partial charge in [0.25, 0.3) is 11.2 Å². The summed E-state index contributed by atoms with van der Waals surface area (Å²) in [5.41, 5.74) is -0.142. The normalized spacial score (nSPS) is 11.0. The van der Waals surface area contributed by atoms with Crippen molar-refractivity contribution in [3.8, 4) is 11.4 Å². The Morgan fingerprint density at radius 3 is 2.56 bits per heavy atom. The van der Waals surface area contributed by atoms with Gasteiger partial charge in [-0.05, 0) is 29.7 Å². The monoisotopic (exact) mass is 492 g/mol. The van der Waals surface area contributed by atoms with Gasteiger partial charge in [-0.3, -0.25) is 20.2 Å². The lowest BCUT2D eigenvalue weighted by Crippen LogP contribution is -2.19. The molecule has 0 aliphatic heterocycles. The summed E-state index contributed by atoms with van der Waals surface area (Å²) >= 11 is 0. The summed E-state index contributed by atoms with van der Waals surface area (Å²) in [5, 5.41) is 23.4. The van der Waals surface area contributed by atoms with Crippen LogP contribution in [-0.4, -0.2) is 42.0 Å². The minimum atomic E-state index is -1.54. The van der Waals surface area contributed by atoms with Crippen molar-refractivity contribution in [3.05, 3.63) is 80.0 Å². The first kappa shape index (κ1) is 24.1. The van der Waals surface area contributed by atoms with Crippen molar-refractivity contribution in [1.82, 2.24) is 19.9 Å².